The topological polar surface area (TPSA) is 83.3 Å². The second kappa shape index (κ2) is 5.72. The summed E-state index contributed by atoms with van der Waals surface area (Å²) in [6, 6.07) is -0.819. The molecule has 3 aromatic rings. The number of imidazole rings is 2. The summed E-state index contributed by atoms with van der Waals surface area (Å²) < 4.78 is 6.21. The molecule has 8 heteroatoms. The average Bonchev–Trinajstić information content (AvgIpc) is 3.05. The molecule has 0 N–H and O–H groups in total. The van der Waals surface area contributed by atoms with E-state index in [1.807, 2.05) is 13.8 Å². The molecule has 134 valence electrons. The molecule has 0 aliphatic heterocycles. The lowest BCUT2D eigenvalue weighted by molar-refractivity contribution is -0.119. The molecule has 0 saturated carbocycles. The van der Waals surface area contributed by atoms with E-state index in [2.05, 4.69) is 16.5 Å². The zero-order chi connectivity index (χ0) is 18.6. The standard InChI is InChI=1S/C17H23N5O3/c1-7-8-20-9(2)10(3)21-13-14(18-16(20)21)19(6)17(25)22(15(13)24)11(4)12(5)23/h11H,7-8H2,1-6H3/t11-/m1/s1. The number of carbonyl (C=O) groups excluding carboxylic acids is 1. The average molecular weight is 345 g/mol. The van der Waals surface area contributed by atoms with Gasteiger partial charge in [-0.1, -0.05) is 6.92 Å². The molecular weight excluding hydrogens is 322 g/mol. The molecule has 0 radical (unpaired) electrons. The second-order valence-electron chi connectivity index (χ2n) is 6.55. The fourth-order valence-corrected chi connectivity index (χ4v) is 3.30. The van der Waals surface area contributed by atoms with Gasteiger partial charge in [-0.3, -0.25) is 18.6 Å². The number of nitrogens with zero attached hydrogens (tertiary/aromatic N) is 5. The maximum absolute atomic E-state index is 13.1. The second-order valence-corrected chi connectivity index (χ2v) is 6.55. The van der Waals surface area contributed by atoms with Crippen molar-refractivity contribution in [3.05, 3.63) is 32.2 Å². The minimum atomic E-state index is -0.819. The van der Waals surface area contributed by atoms with Gasteiger partial charge in [-0.05, 0) is 34.1 Å². The molecule has 3 rings (SSSR count). The molecule has 3 heterocycles. The van der Waals surface area contributed by atoms with Crippen molar-refractivity contribution in [3.8, 4) is 0 Å². The molecule has 0 unspecified atom stereocenters. The third-order valence-electron chi connectivity index (χ3n) is 5.00. The van der Waals surface area contributed by atoms with Crippen LogP contribution in [0.2, 0.25) is 0 Å². The number of fused-ring (bicyclic) bond motifs is 3. The summed E-state index contributed by atoms with van der Waals surface area (Å²) in [5.41, 5.74) is 1.60. The summed E-state index contributed by atoms with van der Waals surface area (Å²) in [4.78, 5) is 42.1. The monoisotopic (exact) mass is 345 g/mol. The molecule has 0 aromatic carbocycles. The lowest BCUT2D eigenvalue weighted by Gasteiger charge is -2.12. The van der Waals surface area contributed by atoms with Crippen molar-refractivity contribution in [2.24, 2.45) is 7.05 Å². The van der Waals surface area contributed by atoms with Crippen LogP contribution in [0.3, 0.4) is 0 Å². The first-order valence-corrected chi connectivity index (χ1v) is 8.42. The maximum atomic E-state index is 13.1. The molecule has 0 aliphatic carbocycles. The van der Waals surface area contributed by atoms with E-state index < -0.39 is 17.3 Å². The van der Waals surface area contributed by atoms with Crippen LogP contribution >= 0.6 is 0 Å². The van der Waals surface area contributed by atoms with Crippen molar-refractivity contribution < 1.29 is 4.79 Å². The Balaban J connectivity index is 2.57. The van der Waals surface area contributed by atoms with Gasteiger partial charge in [0.2, 0.25) is 5.78 Å². The molecular formula is C17H23N5O3. The van der Waals surface area contributed by atoms with E-state index in [-0.39, 0.29) is 5.78 Å². The molecule has 0 aliphatic rings. The number of hydrogen-bond acceptors (Lipinski definition) is 4. The summed E-state index contributed by atoms with van der Waals surface area (Å²) in [6.45, 7) is 9.71. The highest BCUT2D eigenvalue weighted by molar-refractivity contribution is 5.81. The van der Waals surface area contributed by atoms with E-state index in [4.69, 9.17) is 0 Å². The number of ketones is 1. The van der Waals surface area contributed by atoms with Gasteiger partial charge < -0.3 is 4.57 Å². The Morgan fingerprint density at radius 2 is 1.84 bits per heavy atom. The van der Waals surface area contributed by atoms with E-state index in [1.165, 1.54) is 11.5 Å². The molecule has 1 atom stereocenters. The maximum Gasteiger partial charge on any atom is 0.333 e. The van der Waals surface area contributed by atoms with Crippen molar-refractivity contribution in [3.63, 3.8) is 0 Å². The number of rotatable bonds is 4. The van der Waals surface area contributed by atoms with E-state index in [9.17, 15) is 14.4 Å². The Morgan fingerprint density at radius 1 is 1.20 bits per heavy atom. The molecule has 8 nitrogen and oxygen atoms in total. The first kappa shape index (κ1) is 17.2. The van der Waals surface area contributed by atoms with Gasteiger partial charge in [0.1, 0.15) is 0 Å². The van der Waals surface area contributed by atoms with Crippen molar-refractivity contribution in [1.29, 1.82) is 0 Å². The highest BCUT2D eigenvalue weighted by atomic mass is 16.2. The molecule has 0 amide bonds. The lowest BCUT2D eigenvalue weighted by Crippen LogP contribution is -2.42. The van der Waals surface area contributed by atoms with Crippen LogP contribution in [0.4, 0.5) is 0 Å². The molecule has 0 spiro atoms. The Morgan fingerprint density at radius 3 is 2.40 bits per heavy atom. The highest BCUT2D eigenvalue weighted by Gasteiger charge is 2.25. The fraction of sp³-hybridized carbons (Fsp3) is 0.529. The predicted molar refractivity (Wildman–Crippen MR) is 95.3 cm³/mol. The van der Waals surface area contributed by atoms with Gasteiger partial charge in [-0.25, -0.2) is 9.36 Å². The number of carbonyl (C=O) groups is 1. The Kier molecular flexibility index (Phi) is 3.93. The normalized spacial score (nSPS) is 13.0. The van der Waals surface area contributed by atoms with Crippen LogP contribution in [0, 0.1) is 13.8 Å². The van der Waals surface area contributed by atoms with E-state index in [0.717, 1.165) is 28.9 Å². The van der Waals surface area contributed by atoms with Crippen molar-refractivity contribution in [2.45, 2.75) is 53.6 Å². The first-order chi connectivity index (χ1) is 11.7. The van der Waals surface area contributed by atoms with Gasteiger partial charge in [0.15, 0.2) is 16.9 Å². The number of aryl methyl sites for hydroxylation is 3. The summed E-state index contributed by atoms with van der Waals surface area (Å²) in [5, 5.41) is 0. The Labute approximate surface area is 144 Å². The summed E-state index contributed by atoms with van der Waals surface area (Å²) >= 11 is 0. The zero-order valence-corrected chi connectivity index (χ0v) is 15.5. The number of hydrogen-bond donors (Lipinski definition) is 0. The molecule has 0 fully saturated rings. The minimum Gasteiger partial charge on any atom is -0.314 e. The van der Waals surface area contributed by atoms with Crippen LogP contribution in [-0.2, 0) is 18.4 Å². The van der Waals surface area contributed by atoms with Crippen LogP contribution in [-0.4, -0.2) is 28.9 Å². The third-order valence-corrected chi connectivity index (χ3v) is 5.00. The van der Waals surface area contributed by atoms with Gasteiger partial charge in [0, 0.05) is 25.0 Å². The van der Waals surface area contributed by atoms with Crippen molar-refractivity contribution >= 4 is 22.7 Å². The Hall–Kier alpha value is -2.64. The summed E-state index contributed by atoms with van der Waals surface area (Å²) in [6.07, 6.45) is 0.929. The van der Waals surface area contributed by atoms with E-state index >= 15 is 0 Å². The van der Waals surface area contributed by atoms with Gasteiger partial charge in [-0.15, -0.1) is 0 Å². The SMILES string of the molecule is CCCn1c(C)c(C)n2c3c(=O)n([C@H](C)C(C)=O)c(=O)n(C)c3nc12. The van der Waals surface area contributed by atoms with Gasteiger partial charge in [0.25, 0.3) is 5.56 Å². The van der Waals surface area contributed by atoms with Crippen LogP contribution in [0.25, 0.3) is 16.9 Å². The fourth-order valence-electron chi connectivity index (χ4n) is 3.30. The highest BCUT2D eigenvalue weighted by Crippen LogP contribution is 2.21. The van der Waals surface area contributed by atoms with Crippen molar-refractivity contribution in [1.82, 2.24) is 23.1 Å². The van der Waals surface area contributed by atoms with Gasteiger partial charge in [-0.2, -0.15) is 4.98 Å². The number of Topliss-reactive ketones (excluding diaryl/α,β-unsaturated/α-hetero) is 1. The lowest BCUT2D eigenvalue weighted by atomic mass is 10.2. The summed E-state index contributed by atoms with van der Waals surface area (Å²) in [7, 11) is 1.58. The van der Waals surface area contributed by atoms with Gasteiger partial charge in [0.05, 0.1) is 6.04 Å². The summed E-state index contributed by atoms with van der Waals surface area (Å²) in [5.74, 6) is 0.406. The minimum absolute atomic E-state index is 0.240. The quantitative estimate of drug-likeness (QED) is 0.714. The molecule has 3 aromatic heterocycles. The molecule has 0 saturated heterocycles. The van der Waals surface area contributed by atoms with Crippen LogP contribution in [0.5, 0.6) is 0 Å². The largest absolute Gasteiger partial charge is 0.333 e. The van der Waals surface area contributed by atoms with E-state index in [0.29, 0.717) is 16.9 Å². The number of aromatic nitrogens is 5. The molecule has 25 heavy (non-hydrogen) atoms. The smallest absolute Gasteiger partial charge is 0.314 e. The van der Waals surface area contributed by atoms with Gasteiger partial charge >= 0.3 is 5.69 Å². The third kappa shape index (κ3) is 2.20. The van der Waals surface area contributed by atoms with E-state index in [1.54, 1.807) is 18.4 Å². The van der Waals surface area contributed by atoms with Crippen molar-refractivity contribution in [2.75, 3.05) is 0 Å². The predicted octanol–water partition coefficient (Wildman–Crippen LogP) is 1.33. The zero-order valence-electron chi connectivity index (χ0n) is 15.5. The van der Waals surface area contributed by atoms with Crippen LogP contribution in [0.15, 0.2) is 9.59 Å². The van der Waals surface area contributed by atoms with Crippen LogP contribution < -0.4 is 11.2 Å². The van der Waals surface area contributed by atoms with Crippen LogP contribution in [0.1, 0.15) is 44.6 Å². The molecule has 0 bridgehead atoms. The Bertz CT molecular complexity index is 1130. The first-order valence-electron chi connectivity index (χ1n) is 8.42.